The Morgan fingerprint density at radius 1 is 0.175 bits per heavy atom. The minimum Gasteiger partial charge on any atom is -0.387 e. The summed E-state index contributed by atoms with van der Waals surface area (Å²) in [7, 11) is 0. The van der Waals surface area contributed by atoms with E-state index in [0.717, 1.165) is 0 Å². The zero-order valence-electron chi connectivity index (χ0n) is 69.6. The molecule has 21 aliphatic heterocycles. The molecule has 0 amide bonds. The molecular weight excluding hydrogens is 1810 g/mol. The molecule has 0 radical (unpaired) electrons. The molecule has 126 heavy (non-hydrogen) atoms. The number of aliphatic hydroxyl groups is 14. The van der Waals surface area contributed by atoms with E-state index < -0.39 is 215 Å². The molecule has 35 atom stereocenters. The first-order valence-corrected chi connectivity index (χ1v) is 49.4. The number of hydrogen-bond acceptors (Lipinski definition) is 42. The van der Waals surface area contributed by atoms with Crippen LogP contribution in [0.2, 0.25) is 0 Å². The van der Waals surface area contributed by atoms with Crippen LogP contribution in [0.4, 0.5) is 0 Å². The average Bonchev–Trinajstić information content (AvgIpc) is 0.790. The first-order valence-electron chi connectivity index (χ1n) is 41.3. The molecule has 0 aromatic rings. The van der Waals surface area contributed by atoms with Crippen molar-refractivity contribution in [1.29, 1.82) is 0 Å². The first-order chi connectivity index (χ1) is 60.1. The van der Waals surface area contributed by atoms with Gasteiger partial charge in [-0.25, -0.2) is 0 Å². The topological polar surface area (TPSA) is 863 Å². The van der Waals surface area contributed by atoms with Crippen LogP contribution < -0.4 is 80.3 Å². The van der Waals surface area contributed by atoms with Crippen molar-refractivity contribution in [2.45, 2.75) is 260 Å². The molecule has 0 saturated carbocycles. The van der Waals surface area contributed by atoms with Crippen LogP contribution in [0, 0.1) is 0 Å². The maximum Gasteiger partial charge on any atom is 0.187 e. The van der Waals surface area contributed by atoms with Gasteiger partial charge in [0, 0.05) is 86.1 Å². The van der Waals surface area contributed by atoms with Gasteiger partial charge in [-0.15, -0.1) is 0 Å². The lowest BCUT2D eigenvalue weighted by atomic mass is 9.95. The van der Waals surface area contributed by atoms with E-state index in [-0.39, 0.29) is 128 Å². The second kappa shape index (κ2) is 55.2. The van der Waals surface area contributed by atoms with Crippen molar-refractivity contribution < 1.29 is 138 Å². The predicted octanol–water partition coefficient (Wildman–Crippen LogP) is -12.4. The smallest absolute Gasteiger partial charge is 0.187 e. The van der Waals surface area contributed by atoms with Crippen LogP contribution in [0.1, 0.15) is 44.9 Å². The summed E-state index contributed by atoms with van der Waals surface area (Å²) < 4.78 is 91.5. The van der Waals surface area contributed by atoms with Crippen molar-refractivity contribution in [1.82, 2.24) is 0 Å². The monoisotopic (exact) mass is 1940 g/mol. The molecule has 56 heteroatoms. The number of rotatable bonds is 42. The van der Waals surface area contributed by atoms with Crippen LogP contribution in [0.15, 0.2) is 34.9 Å². The fraction of sp³-hybridized carbons (Fsp3) is 0.900. The number of ether oxygens (including phenoxy) is 14. The van der Waals surface area contributed by atoms with Crippen molar-refractivity contribution in [3.8, 4) is 0 Å². The summed E-state index contributed by atoms with van der Waals surface area (Å²) in [5.74, 6) is 0.850. The van der Waals surface area contributed by atoms with Crippen LogP contribution >= 0.6 is 82.3 Å². The van der Waals surface area contributed by atoms with Gasteiger partial charge in [-0.05, 0) is 85.2 Å². The highest BCUT2D eigenvalue weighted by Crippen LogP contribution is 2.42. The van der Waals surface area contributed by atoms with Crippen LogP contribution in [0.25, 0.3) is 0 Å². The Morgan fingerprint density at radius 3 is 0.389 bits per heavy atom. The predicted molar refractivity (Wildman–Crippen MR) is 477 cm³/mol. The standard InChI is InChI=1S/C70H133N21O28S7/c71-64(72)85-8-1-15-120-22-29-50-36(92)43(99)57(106-29)114-51-30(23-121-16-2-9-86-65(73)74)108-59(45(101)38(51)94)116-53-32(25-123-18-4-11-88-67(77)78)110-61(47(103)40(53)96)118-55-34(27-125-20-6-13-90-69(81)82)112-63(49(105)42(55)98)119-56-35(28-126-21-7-14-91-70(83)84)111-62(48(104)41(56)97)117-54-33(26-124-19-5-12-89-68(79)80)109-60(46(102)39(54)95)115-52-31(24-122-17-3-10-87-66(75)76)107-58(113-50)44(100)37(52)93/h29-63,92-105H,1-28H2,(H4,71,72,85)(H4,73,74,86)(H4,75,76,87)(H4,77,78,88)(H4,79,80,89)(H4,81,82,90)(H4,83,84,91)/t29-,30-,31-,32-,33-,34-,35-,36-,37-,38-,39-,40-,41-,42-,43-,44-,45-,46-,47-,48-,49-,50-,51-,52-,53-,54-,55-,56-,57-,58-,59-,60-,61?,62?,63-/m1/s1. The molecule has 21 fully saturated rings. The molecule has 0 aromatic carbocycles. The lowest BCUT2D eigenvalue weighted by Gasteiger charge is -2.50. The van der Waals surface area contributed by atoms with Gasteiger partial charge < -0.3 is 218 Å². The second-order valence-corrected chi connectivity index (χ2v) is 38.6. The van der Waals surface area contributed by atoms with Gasteiger partial charge in [-0.3, -0.25) is 34.9 Å². The van der Waals surface area contributed by atoms with Crippen LogP contribution in [-0.4, -0.2) is 455 Å². The van der Waals surface area contributed by atoms with Gasteiger partial charge in [0.1, 0.15) is 128 Å². The van der Waals surface area contributed by atoms with Crippen molar-refractivity contribution in [3.05, 3.63) is 0 Å². The summed E-state index contributed by atoms with van der Waals surface area (Å²) in [6.45, 7) is 1.44. The summed E-state index contributed by atoms with van der Waals surface area (Å²) in [6.07, 6.45) is -60.8. The van der Waals surface area contributed by atoms with Crippen molar-refractivity contribution in [2.75, 3.05) is 126 Å². The summed E-state index contributed by atoms with van der Waals surface area (Å²) in [4.78, 5) is 28.4. The normalized spacial score (nSPS) is 38.0. The number of thioether (sulfide) groups is 7. The molecule has 14 bridgehead atoms. The van der Waals surface area contributed by atoms with E-state index in [4.69, 9.17) is 147 Å². The largest absolute Gasteiger partial charge is 0.387 e. The molecule has 0 spiro atoms. The third kappa shape index (κ3) is 33.1. The summed E-state index contributed by atoms with van der Waals surface area (Å²) >= 11 is 8.79. The molecule has 21 saturated heterocycles. The Hall–Kier alpha value is -3.78. The SMILES string of the molecule is NC(N)=NCCCSC[C@H]1O[C@@H]2O[C@H]3[C@H](O)[C@@H](O)[C@@H](O[C@H]4[C@H](O)[C@@H](O)[C@@H](O[C@H]5[C@H](O)[C@@H](O)[C@@H](O[C@H]6[C@H](O)[C@@H](O)C(O[C@H]7[C@H](O)[C@@H](O)[C@@H](O[C@H]8[C@H](O)[C@@H](O)C(O[C@H]1[C@H](O)[C@H]2O)O[C@@H]8CSCCCN=C(N)N)O[C@@H]7CSCCCN=C(N)N)O[C@@H]6CSCCCN=C(N)N)O[C@@H]5CSCCCN=C(N)N)O[C@@H]4CSCCCN=C(N)N)O[C@@H]3CSCCCN=C(N)N. The van der Waals surface area contributed by atoms with Crippen LogP contribution in [0.5, 0.6) is 0 Å². The minimum atomic E-state index is -2.11. The van der Waals surface area contributed by atoms with E-state index in [1.807, 2.05) is 0 Å². The zero-order chi connectivity index (χ0) is 91.8. The highest BCUT2D eigenvalue weighted by Gasteiger charge is 2.60. The second-order valence-electron chi connectivity index (χ2n) is 30.5. The molecule has 0 aromatic heterocycles. The molecule has 21 aliphatic rings. The van der Waals surface area contributed by atoms with Crippen molar-refractivity contribution in [3.63, 3.8) is 0 Å². The first kappa shape index (κ1) is 108. The van der Waals surface area contributed by atoms with Gasteiger partial charge in [0.2, 0.25) is 0 Å². The molecule has 21 heterocycles. The average molecular weight is 1940 g/mol. The number of guanidine groups is 7. The van der Waals surface area contributed by atoms with E-state index in [1.54, 1.807) is 0 Å². The Bertz CT molecular complexity index is 2780. The van der Waals surface area contributed by atoms with E-state index in [2.05, 4.69) is 34.9 Å². The van der Waals surface area contributed by atoms with E-state index in [1.165, 1.54) is 82.3 Å². The van der Waals surface area contributed by atoms with Crippen LogP contribution in [0.3, 0.4) is 0 Å². The Labute approximate surface area is 758 Å². The molecule has 728 valence electrons. The highest BCUT2D eigenvalue weighted by atomic mass is 32.2. The quantitative estimate of drug-likeness (QED) is 0.0153. The fourth-order valence-corrected chi connectivity index (χ4v) is 21.3. The van der Waals surface area contributed by atoms with Crippen LogP contribution in [-0.2, 0) is 66.3 Å². The third-order valence-corrected chi connectivity index (χ3v) is 28.7. The van der Waals surface area contributed by atoms with E-state index in [0.29, 0.717) is 85.2 Å². The molecule has 42 N–H and O–H groups in total. The minimum absolute atomic E-state index is 0.0811. The molecular formula is C70H133N21O28S7. The molecule has 0 aliphatic carbocycles. The van der Waals surface area contributed by atoms with E-state index in [9.17, 15) is 71.5 Å². The van der Waals surface area contributed by atoms with Gasteiger partial charge in [-0.2, -0.15) is 82.3 Å². The van der Waals surface area contributed by atoms with Crippen molar-refractivity contribution in [2.24, 2.45) is 115 Å². The lowest BCUT2D eigenvalue weighted by molar-refractivity contribution is -0.389. The molecule has 2 unspecified atom stereocenters. The lowest BCUT2D eigenvalue weighted by Crippen LogP contribution is -2.68. The summed E-state index contributed by atoms with van der Waals surface area (Å²) in [5.41, 5.74) is 78.7. The van der Waals surface area contributed by atoms with Gasteiger partial charge in [0.05, 0.1) is 42.7 Å². The maximum absolute atomic E-state index is 12.5. The Balaban J connectivity index is 1.23. The maximum atomic E-state index is 12.5. The number of hydrogen-bond donors (Lipinski definition) is 28. The molecule has 49 nitrogen and oxygen atoms in total. The fourth-order valence-electron chi connectivity index (χ4n) is 14.3. The number of nitrogens with two attached hydrogens (primary N) is 14. The van der Waals surface area contributed by atoms with Gasteiger partial charge in [0.25, 0.3) is 0 Å². The molecule has 21 rings (SSSR count). The van der Waals surface area contributed by atoms with Gasteiger partial charge in [-0.1, -0.05) is 0 Å². The number of nitrogens with zero attached hydrogens (tertiary/aromatic N) is 7. The Morgan fingerprint density at radius 2 is 0.286 bits per heavy atom. The van der Waals surface area contributed by atoms with E-state index >= 15 is 0 Å². The van der Waals surface area contributed by atoms with Gasteiger partial charge >= 0.3 is 0 Å². The van der Waals surface area contributed by atoms with Gasteiger partial charge in [0.15, 0.2) is 85.7 Å². The zero-order valence-corrected chi connectivity index (χ0v) is 75.3. The Kier molecular flexibility index (Phi) is 47.1. The summed E-state index contributed by atoms with van der Waals surface area (Å²) in [5, 5.41) is 174. The highest BCUT2D eigenvalue weighted by molar-refractivity contribution is 8.00. The third-order valence-electron chi connectivity index (χ3n) is 20.7. The summed E-state index contributed by atoms with van der Waals surface area (Å²) in [6, 6.07) is 0. The van der Waals surface area contributed by atoms with Crippen molar-refractivity contribution >= 4 is 124 Å². The number of aliphatic imine (C=N–C) groups is 7. The number of aliphatic hydroxyl groups excluding tert-OH is 14.